The highest BCUT2D eigenvalue weighted by Gasteiger charge is 2.06. The zero-order chi connectivity index (χ0) is 13.0. The first kappa shape index (κ1) is 12.7. The minimum absolute atomic E-state index is 0.248. The van der Waals surface area contributed by atoms with E-state index in [0.717, 1.165) is 14.6 Å². The summed E-state index contributed by atoms with van der Waals surface area (Å²) < 4.78 is 1.83. The van der Waals surface area contributed by atoms with Crippen LogP contribution in [0.3, 0.4) is 0 Å². The highest BCUT2D eigenvalue weighted by atomic mass is 79.9. The minimum atomic E-state index is 0.248. The SMILES string of the molecule is N#CC(=CNc1ccc(Br)cc1Br)c1nn[nH]n1. The van der Waals surface area contributed by atoms with Crippen LogP contribution >= 0.6 is 31.9 Å². The molecule has 1 aromatic carbocycles. The number of halogens is 2. The van der Waals surface area contributed by atoms with Crippen molar-refractivity contribution in [2.45, 2.75) is 0 Å². The van der Waals surface area contributed by atoms with Gasteiger partial charge in [0.1, 0.15) is 11.6 Å². The van der Waals surface area contributed by atoms with Crippen molar-refractivity contribution in [3.05, 3.63) is 39.2 Å². The molecule has 0 saturated carbocycles. The van der Waals surface area contributed by atoms with Gasteiger partial charge in [0, 0.05) is 15.1 Å². The highest BCUT2D eigenvalue weighted by molar-refractivity contribution is 9.11. The lowest BCUT2D eigenvalue weighted by Crippen LogP contribution is -1.93. The Morgan fingerprint density at radius 1 is 1.44 bits per heavy atom. The van der Waals surface area contributed by atoms with Gasteiger partial charge in [-0.3, -0.25) is 0 Å². The van der Waals surface area contributed by atoms with Crippen molar-refractivity contribution in [2.75, 3.05) is 5.32 Å². The van der Waals surface area contributed by atoms with Gasteiger partial charge in [-0.15, -0.1) is 10.2 Å². The zero-order valence-corrected chi connectivity index (χ0v) is 12.0. The predicted molar refractivity (Wildman–Crippen MR) is 73.2 cm³/mol. The van der Waals surface area contributed by atoms with Gasteiger partial charge in [0.15, 0.2) is 0 Å². The second-order valence-corrected chi connectivity index (χ2v) is 4.94. The number of benzene rings is 1. The fourth-order valence-electron chi connectivity index (χ4n) is 1.18. The molecule has 1 aromatic heterocycles. The second kappa shape index (κ2) is 5.75. The maximum atomic E-state index is 8.99. The molecule has 2 aromatic rings. The van der Waals surface area contributed by atoms with Crippen molar-refractivity contribution in [2.24, 2.45) is 0 Å². The van der Waals surface area contributed by atoms with E-state index in [-0.39, 0.29) is 5.82 Å². The quantitative estimate of drug-likeness (QED) is 0.811. The molecule has 0 fully saturated rings. The number of allylic oxidation sites excluding steroid dienone is 1. The van der Waals surface area contributed by atoms with Crippen LogP contribution in [0.4, 0.5) is 5.69 Å². The van der Waals surface area contributed by atoms with Crippen LogP contribution in [0.5, 0.6) is 0 Å². The van der Waals surface area contributed by atoms with Crippen LogP contribution in [0.25, 0.3) is 5.57 Å². The van der Waals surface area contributed by atoms with E-state index in [1.165, 1.54) is 6.20 Å². The number of nitrogens with zero attached hydrogens (tertiary/aromatic N) is 4. The Kier molecular flexibility index (Phi) is 4.07. The van der Waals surface area contributed by atoms with E-state index in [0.29, 0.717) is 5.57 Å². The number of nitriles is 1. The number of aromatic amines is 1. The van der Waals surface area contributed by atoms with Crippen molar-refractivity contribution in [3.63, 3.8) is 0 Å². The Labute approximate surface area is 119 Å². The van der Waals surface area contributed by atoms with Gasteiger partial charge in [0.2, 0.25) is 5.82 Å². The first-order chi connectivity index (χ1) is 8.70. The summed E-state index contributed by atoms with van der Waals surface area (Å²) in [7, 11) is 0. The molecule has 0 radical (unpaired) electrons. The highest BCUT2D eigenvalue weighted by Crippen LogP contribution is 2.26. The van der Waals surface area contributed by atoms with E-state index in [2.05, 4.69) is 57.8 Å². The van der Waals surface area contributed by atoms with E-state index in [1.54, 1.807) is 0 Å². The smallest absolute Gasteiger partial charge is 0.216 e. The molecule has 2 rings (SSSR count). The number of anilines is 1. The maximum absolute atomic E-state index is 8.99. The molecule has 6 nitrogen and oxygen atoms in total. The Morgan fingerprint density at radius 2 is 2.28 bits per heavy atom. The van der Waals surface area contributed by atoms with E-state index in [4.69, 9.17) is 5.26 Å². The summed E-state index contributed by atoms with van der Waals surface area (Å²) in [6, 6.07) is 7.66. The van der Waals surface area contributed by atoms with E-state index in [1.807, 2.05) is 24.3 Å². The van der Waals surface area contributed by atoms with E-state index >= 15 is 0 Å². The Balaban J connectivity index is 2.22. The van der Waals surface area contributed by atoms with Crippen molar-refractivity contribution >= 4 is 43.1 Å². The molecule has 0 aliphatic heterocycles. The predicted octanol–water partition coefficient (Wildman–Crippen LogP) is 2.70. The molecule has 0 bridgehead atoms. The molecule has 8 heteroatoms. The number of H-pyrrole nitrogens is 1. The third-order valence-electron chi connectivity index (χ3n) is 2.01. The molecular weight excluding hydrogens is 364 g/mol. The third-order valence-corrected chi connectivity index (χ3v) is 3.16. The van der Waals surface area contributed by atoms with Crippen molar-refractivity contribution in [1.82, 2.24) is 20.6 Å². The van der Waals surface area contributed by atoms with Gasteiger partial charge in [-0.25, -0.2) is 0 Å². The number of hydrogen-bond acceptors (Lipinski definition) is 5. The van der Waals surface area contributed by atoms with Gasteiger partial charge in [0.25, 0.3) is 0 Å². The lowest BCUT2D eigenvalue weighted by Gasteiger charge is -2.04. The van der Waals surface area contributed by atoms with Crippen LogP contribution in [-0.4, -0.2) is 20.6 Å². The first-order valence-electron chi connectivity index (χ1n) is 4.76. The molecule has 0 amide bonds. The molecule has 0 unspecified atom stereocenters. The summed E-state index contributed by atoms with van der Waals surface area (Å²) in [5.41, 5.74) is 1.12. The van der Waals surface area contributed by atoms with Crippen molar-refractivity contribution < 1.29 is 0 Å². The van der Waals surface area contributed by atoms with Crippen molar-refractivity contribution in [3.8, 4) is 6.07 Å². The van der Waals surface area contributed by atoms with Gasteiger partial charge < -0.3 is 5.32 Å². The summed E-state index contributed by atoms with van der Waals surface area (Å²) >= 11 is 6.78. The molecule has 1 heterocycles. The lowest BCUT2D eigenvalue weighted by molar-refractivity contribution is 0.881. The van der Waals surface area contributed by atoms with E-state index < -0.39 is 0 Å². The third kappa shape index (κ3) is 2.94. The molecular formula is C10H6Br2N6. The molecule has 18 heavy (non-hydrogen) atoms. The van der Waals surface area contributed by atoms with Gasteiger partial charge in [-0.05, 0) is 39.3 Å². The summed E-state index contributed by atoms with van der Waals surface area (Å²) in [5, 5.41) is 25.2. The zero-order valence-electron chi connectivity index (χ0n) is 8.85. The van der Waals surface area contributed by atoms with Gasteiger partial charge in [0.05, 0.1) is 5.69 Å². The number of hydrogen-bond donors (Lipinski definition) is 2. The second-order valence-electron chi connectivity index (χ2n) is 3.17. The van der Waals surface area contributed by atoms with Crippen LogP contribution in [0.15, 0.2) is 33.3 Å². The summed E-state index contributed by atoms with van der Waals surface area (Å²) in [6.07, 6.45) is 1.53. The van der Waals surface area contributed by atoms with E-state index in [9.17, 15) is 0 Å². The standard InChI is InChI=1S/C10H6Br2N6/c11-7-1-2-9(8(12)3-7)14-5-6(4-13)10-15-17-18-16-10/h1-3,5,14H,(H,15,16,17,18). The van der Waals surface area contributed by atoms with Crippen LogP contribution < -0.4 is 5.32 Å². The fraction of sp³-hybridized carbons (Fsp3) is 0. The number of rotatable bonds is 3. The van der Waals surface area contributed by atoms with Crippen LogP contribution in [0.2, 0.25) is 0 Å². The fourth-order valence-corrected chi connectivity index (χ4v) is 2.34. The topological polar surface area (TPSA) is 90.3 Å². The maximum Gasteiger partial charge on any atom is 0.216 e. The Bertz CT molecular complexity index is 614. The molecule has 0 aliphatic rings. The summed E-state index contributed by atoms with van der Waals surface area (Å²) in [6.45, 7) is 0. The normalized spacial score (nSPS) is 11.1. The Morgan fingerprint density at radius 3 is 2.89 bits per heavy atom. The lowest BCUT2D eigenvalue weighted by atomic mass is 10.3. The number of aromatic nitrogens is 4. The Hall–Kier alpha value is -1.72. The number of nitrogens with one attached hydrogen (secondary N) is 2. The molecule has 2 N–H and O–H groups in total. The van der Waals surface area contributed by atoms with Crippen LogP contribution in [0, 0.1) is 11.3 Å². The van der Waals surface area contributed by atoms with Crippen LogP contribution in [0.1, 0.15) is 5.82 Å². The minimum Gasteiger partial charge on any atom is -0.359 e. The molecule has 0 aliphatic carbocycles. The summed E-state index contributed by atoms with van der Waals surface area (Å²) in [4.78, 5) is 0. The van der Waals surface area contributed by atoms with Crippen LogP contribution in [-0.2, 0) is 0 Å². The van der Waals surface area contributed by atoms with Gasteiger partial charge in [-0.1, -0.05) is 15.9 Å². The molecule has 0 atom stereocenters. The largest absolute Gasteiger partial charge is 0.359 e. The molecule has 0 spiro atoms. The van der Waals surface area contributed by atoms with Gasteiger partial charge >= 0.3 is 0 Å². The van der Waals surface area contributed by atoms with Gasteiger partial charge in [-0.2, -0.15) is 10.5 Å². The number of tetrazole rings is 1. The first-order valence-corrected chi connectivity index (χ1v) is 6.35. The average molecular weight is 370 g/mol. The molecule has 0 saturated heterocycles. The average Bonchev–Trinajstić information content (AvgIpc) is 2.86. The van der Waals surface area contributed by atoms with Crippen molar-refractivity contribution in [1.29, 1.82) is 5.26 Å². The monoisotopic (exact) mass is 368 g/mol. The molecule has 90 valence electrons. The summed E-state index contributed by atoms with van der Waals surface area (Å²) in [5.74, 6) is 0.248.